The van der Waals surface area contributed by atoms with Crippen molar-refractivity contribution in [1.29, 1.82) is 0 Å². The van der Waals surface area contributed by atoms with E-state index in [1.165, 1.54) is 5.56 Å². The van der Waals surface area contributed by atoms with Crippen molar-refractivity contribution in [3.8, 4) is 0 Å². The zero-order chi connectivity index (χ0) is 18.1. The summed E-state index contributed by atoms with van der Waals surface area (Å²) >= 11 is 0. The van der Waals surface area contributed by atoms with Gasteiger partial charge in [0.15, 0.2) is 11.6 Å². The molecule has 2 atom stereocenters. The molecule has 0 spiro atoms. The summed E-state index contributed by atoms with van der Waals surface area (Å²) in [7, 11) is 0. The van der Waals surface area contributed by atoms with Crippen LogP contribution in [0.5, 0.6) is 0 Å². The SMILES string of the molecule is Fc1cc(F)c(CC2=CC3COCC(C2)N3Cc2ccccc2)cc1F. The Balaban J connectivity index is 1.54. The molecule has 2 bridgehead atoms. The van der Waals surface area contributed by atoms with E-state index in [0.717, 1.165) is 24.6 Å². The van der Waals surface area contributed by atoms with E-state index in [9.17, 15) is 13.2 Å². The van der Waals surface area contributed by atoms with Crippen LogP contribution < -0.4 is 0 Å². The minimum absolute atomic E-state index is 0.117. The fourth-order valence-corrected chi connectivity index (χ4v) is 3.87. The highest BCUT2D eigenvalue weighted by molar-refractivity contribution is 5.28. The highest BCUT2D eigenvalue weighted by Gasteiger charge is 2.34. The number of ether oxygens (including phenoxy) is 1. The summed E-state index contributed by atoms with van der Waals surface area (Å²) in [6.45, 7) is 2.05. The van der Waals surface area contributed by atoms with Crippen molar-refractivity contribution in [2.75, 3.05) is 13.2 Å². The summed E-state index contributed by atoms with van der Waals surface area (Å²) < 4.78 is 46.3. The average Bonchev–Trinajstić information content (AvgIpc) is 2.61. The van der Waals surface area contributed by atoms with Gasteiger partial charge >= 0.3 is 0 Å². The lowest BCUT2D eigenvalue weighted by atomic mass is 9.89. The van der Waals surface area contributed by atoms with Crippen LogP contribution in [0.1, 0.15) is 17.5 Å². The third-order valence-electron chi connectivity index (χ3n) is 5.13. The van der Waals surface area contributed by atoms with Crippen LogP contribution in [0.2, 0.25) is 0 Å². The standard InChI is InChI=1S/C21H20F3NO/c22-19-10-21(24)20(23)9-16(19)6-15-7-17-12-26-13-18(8-15)25(17)11-14-4-2-1-3-5-14/h1-5,7,9-10,17-18H,6,8,11-13H2. The van der Waals surface area contributed by atoms with Crippen molar-refractivity contribution in [1.82, 2.24) is 4.90 Å². The number of hydrogen-bond acceptors (Lipinski definition) is 2. The van der Waals surface area contributed by atoms with Crippen molar-refractivity contribution < 1.29 is 17.9 Å². The Hall–Kier alpha value is -2.11. The van der Waals surface area contributed by atoms with Gasteiger partial charge in [0.25, 0.3) is 0 Å². The number of fused-ring (bicyclic) bond motifs is 2. The topological polar surface area (TPSA) is 12.5 Å². The molecular weight excluding hydrogens is 339 g/mol. The van der Waals surface area contributed by atoms with Gasteiger partial charge in [-0.3, -0.25) is 4.90 Å². The maximum atomic E-state index is 14.0. The van der Waals surface area contributed by atoms with E-state index >= 15 is 0 Å². The second-order valence-corrected chi connectivity index (χ2v) is 6.98. The Kier molecular flexibility index (Phi) is 4.83. The molecule has 4 rings (SSSR count). The van der Waals surface area contributed by atoms with Crippen LogP contribution in [0.4, 0.5) is 13.2 Å². The van der Waals surface area contributed by atoms with E-state index in [-0.39, 0.29) is 17.6 Å². The van der Waals surface area contributed by atoms with Crippen molar-refractivity contribution in [2.45, 2.75) is 31.5 Å². The van der Waals surface area contributed by atoms with Crippen LogP contribution in [0.15, 0.2) is 54.1 Å². The molecule has 0 aromatic heterocycles. The van der Waals surface area contributed by atoms with Gasteiger partial charge in [-0.25, -0.2) is 13.2 Å². The van der Waals surface area contributed by atoms with E-state index in [4.69, 9.17) is 4.74 Å². The van der Waals surface area contributed by atoms with E-state index in [1.807, 2.05) is 18.2 Å². The summed E-state index contributed by atoms with van der Waals surface area (Å²) in [5.41, 5.74) is 2.50. The molecule has 2 heterocycles. The summed E-state index contributed by atoms with van der Waals surface area (Å²) in [5, 5.41) is 0. The molecule has 2 aliphatic heterocycles. The van der Waals surface area contributed by atoms with E-state index < -0.39 is 17.5 Å². The van der Waals surface area contributed by atoms with Crippen molar-refractivity contribution in [3.05, 3.63) is 82.7 Å². The molecule has 2 aromatic rings. The largest absolute Gasteiger partial charge is 0.378 e. The molecule has 2 aliphatic rings. The molecule has 0 saturated carbocycles. The molecule has 0 radical (unpaired) electrons. The number of rotatable bonds is 4. The Morgan fingerprint density at radius 2 is 1.73 bits per heavy atom. The highest BCUT2D eigenvalue weighted by atomic mass is 19.2. The first kappa shape index (κ1) is 17.3. The van der Waals surface area contributed by atoms with Crippen LogP contribution in [0.25, 0.3) is 0 Å². The first-order valence-corrected chi connectivity index (χ1v) is 8.80. The van der Waals surface area contributed by atoms with E-state index in [1.54, 1.807) is 0 Å². The second-order valence-electron chi connectivity index (χ2n) is 6.98. The molecule has 5 heteroatoms. The lowest BCUT2D eigenvalue weighted by Gasteiger charge is -2.45. The maximum Gasteiger partial charge on any atom is 0.161 e. The quantitative estimate of drug-likeness (QED) is 0.598. The second kappa shape index (κ2) is 7.25. The van der Waals surface area contributed by atoms with Crippen LogP contribution in [-0.2, 0) is 17.7 Å². The minimum atomic E-state index is -1.15. The fraction of sp³-hybridized carbons (Fsp3) is 0.333. The van der Waals surface area contributed by atoms with E-state index in [0.29, 0.717) is 25.7 Å². The van der Waals surface area contributed by atoms with Crippen molar-refractivity contribution >= 4 is 0 Å². The summed E-state index contributed by atoms with van der Waals surface area (Å²) in [6, 6.07) is 12.2. The predicted molar refractivity (Wildman–Crippen MR) is 93.1 cm³/mol. The zero-order valence-corrected chi connectivity index (χ0v) is 14.3. The van der Waals surface area contributed by atoms with E-state index in [2.05, 4.69) is 23.1 Å². The molecule has 26 heavy (non-hydrogen) atoms. The fourth-order valence-electron chi connectivity index (χ4n) is 3.87. The maximum absolute atomic E-state index is 14.0. The monoisotopic (exact) mass is 359 g/mol. The molecule has 0 N–H and O–H groups in total. The zero-order valence-electron chi connectivity index (χ0n) is 14.3. The Bertz CT molecular complexity index is 822. The number of halogens is 3. The number of benzene rings is 2. The molecule has 2 aromatic carbocycles. The molecular formula is C21H20F3NO. The van der Waals surface area contributed by atoms with Crippen molar-refractivity contribution in [2.24, 2.45) is 0 Å². The molecule has 0 aliphatic carbocycles. The molecule has 0 amide bonds. The third-order valence-corrected chi connectivity index (χ3v) is 5.13. The van der Waals surface area contributed by atoms with Gasteiger partial charge in [-0.1, -0.05) is 42.0 Å². The van der Waals surface area contributed by atoms with Gasteiger partial charge in [0.2, 0.25) is 0 Å². The van der Waals surface area contributed by atoms with Gasteiger partial charge in [-0.05, 0) is 30.0 Å². The highest BCUT2D eigenvalue weighted by Crippen LogP contribution is 2.31. The molecule has 2 unspecified atom stereocenters. The number of hydrogen-bond donors (Lipinski definition) is 0. The van der Waals surface area contributed by atoms with Gasteiger partial charge in [0.1, 0.15) is 5.82 Å². The predicted octanol–water partition coefficient (Wildman–Crippen LogP) is 4.25. The van der Waals surface area contributed by atoms with Gasteiger partial charge in [0, 0.05) is 18.7 Å². The summed E-state index contributed by atoms with van der Waals surface area (Å²) in [6.07, 6.45) is 3.14. The van der Waals surface area contributed by atoms with Gasteiger partial charge in [-0.15, -0.1) is 0 Å². The Morgan fingerprint density at radius 1 is 0.962 bits per heavy atom. The lowest BCUT2D eigenvalue weighted by Crippen LogP contribution is -2.53. The van der Waals surface area contributed by atoms with Crippen LogP contribution in [0.3, 0.4) is 0 Å². The third kappa shape index (κ3) is 3.55. The molecule has 1 saturated heterocycles. The molecule has 136 valence electrons. The van der Waals surface area contributed by atoms with Crippen molar-refractivity contribution in [3.63, 3.8) is 0 Å². The van der Waals surface area contributed by atoms with Crippen LogP contribution in [0, 0.1) is 17.5 Å². The Morgan fingerprint density at radius 3 is 2.50 bits per heavy atom. The summed E-state index contributed by atoms with van der Waals surface area (Å²) in [4.78, 5) is 2.41. The number of nitrogens with zero attached hydrogens (tertiary/aromatic N) is 1. The first-order chi connectivity index (χ1) is 12.6. The first-order valence-electron chi connectivity index (χ1n) is 8.80. The smallest absolute Gasteiger partial charge is 0.161 e. The van der Waals surface area contributed by atoms with Gasteiger partial charge in [-0.2, -0.15) is 0 Å². The van der Waals surface area contributed by atoms with Gasteiger partial charge < -0.3 is 4.74 Å². The summed E-state index contributed by atoms with van der Waals surface area (Å²) in [5.74, 6) is -2.85. The van der Waals surface area contributed by atoms with Crippen LogP contribution in [-0.4, -0.2) is 30.2 Å². The van der Waals surface area contributed by atoms with Gasteiger partial charge in [0.05, 0.1) is 19.3 Å². The average molecular weight is 359 g/mol. The normalized spacial score (nSPS) is 23.0. The molecule has 1 fully saturated rings. The Labute approximate surface area is 150 Å². The lowest BCUT2D eigenvalue weighted by molar-refractivity contribution is -0.0440. The van der Waals surface area contributed by atoms with Crippen LogP contribution >= 0.6 is 0 Å². The molecule has 2 nitrogen and oxygen atoms in total. The number of morpholine rings is 1. The minimum Gasteiger partial charge on any atom is -0.378 e.